The number of likely N-dealkylation sites (tertiary alicyclic amines) is 1. The summed E-state index contributed by atoms with van der Waals surface area (Å²) in [5, 5.41) is 3.02. The van der Waals surface area contributed by atoms with E-state index in [-0.39, 0.29) is 24.8 Å². The zero-order valence-electron chi connectivity index (χ0n) is 27.6. The van der Waals surface area contributed by atoms with Crippen LogP contribution in [-0.4, -0.2) is 78.7 Å². The lowest BCUT2D eigenvalue weighted by Gasteiger charge is -2.29. The first kappa shape index (κ1) is 33.7. The normalized spacial score (nSPS) is 24.3. The summed E-state index contributed by atoms with van der Waals surface area (Å²) in [4.78, 5) is 47.4. The van der Waals surface area contributed by atoms with Crippen LogP contribution in [0.3, 0.4) is 0 Å². The molecule has 0 radical (unpaired) electrons. The summed E-state index contributed by atoms with van der Waals surface area (Å²) in [5.74, 6) is -0.935. The SMILES string of the molecule is CCC1CC1(NC(=O)C1CC(Oc2cc(-c3ccccc3)nc3cc(OC)ccc23)CN1C(=O)C(N)C(C)C)C(=O)NS(=O)(=O)C1CC1. The summed E-state index contributed by atoms with van der Waals surface area (Å²) >= 11 is 0. The van der Waals surface area contributed by atoms with Gasteiger partial charge in [0.15, 0.2) is 0 Å². The lowest BCUT2D eigenvalue weighted by Crippen LogP contribution is -2.58. The van der Waals surface area contributed by atoms with Crippen LogP contribution in [0, 0.1) is 11.8 Å². The molecule has 0 spiro atoms. The molecule has 0 bridgehead atoms. The molecular formula is C35H43N5O7S. The molecule has 5 unspecified atom stereocenters. The fourth-order valence-electron chi connectivity index (χ4n) is 6.48. The van der Waals surface area contributed by atoms with E-state index in [1.165, 1.54) is 4.90 Å². The number of pyridine rings is 1. The summed E-state index contributed by atoms with van der Waals surface area (Å²) in [6, 6.07) is 15.2. The third kappa shape index (κ3) is 6.57. The van der Waals surface area contributed by atoms with Crippen molar-refractivity contribution in [1.82, 2.24) is 19.9 Å². The Labute approximate surface area is 280 Å². The van der Waals surface area contributed by atoms with E-state index in [0.29, 0.717) is 48.4 Å². The van der Waals surface area contributed by atoms with Crippen molar-refractivity contribution >= 4 is 38.6 Å². The van der Waals surface area contributed by atoms with Crippen molar-refractivity contribution in [2.45, 2.75) is 81.9 Å². The van der Waals surface area contributed by atoms with Gasteiger partial charge >= 0.3 is 0 Å². The average molecular weight is 678 g/mol. The minimum Gasteiger partial charge on any atom is -0.497 e. The summed E-state index contributed by atoms with van der Waals surface area (Å²) in [6.45, 7) is 5.64. The second kappa shape index (κ2) is 13.0. The Bertz CT molecular complexity index is 1830. The molecule has 3 aliphatic rings. The van der Waals surface area contributed by atoms with Gasteiger partial charge in [-0.25, -0.2) is 13.4 Å². The predicted octanol–water partition coefficient (Wildman–Crippen LogP) is 3.14. The van der Waals surface area contributed by atoms with E-state index in [1.54, 1.807) is 7.11 Å². The van der Waals surface area contributed by atoms with Crippen LogP contribution in [0.15, 0.2) is 54.6 Å². The lowest BCUT2D eigenvalue weighted by molar-refractivity contribution is -0.141. The van der Waals surface area contributed by atoms with Gasteiger partial charge in [0.1, 0.15) is 29.2 Å². The monoisotopic (exact) mass is 677 g/mol. The fourth-order valence-corrected chi connectivity index (χ4v) is 7.85. The summed E-state index contributed by atoms with van der Waals surface area (Å²) in [5.41, 5.74) is 7.16. The van der Waals surface area contributed by atoms with E-state index in [9.17, 15) is 22.8 Å². The van der Waals surface area contributed by atoms with Gasteiger partial charge in [0.05, 0.1) is 36.2 Å². The van der Waals surface area contributed by atoms with E-state index in [4.69, 9.17) is 20.2 Å². The number of nitrogens with one attached hydrogen (secondary N) is 2. The van der Waals surface area contributed by atoms with Crippen LogP contribution in [0.1, 0.15) is 52.9 Å². The quantitative estimate of drug-likeness (QED) is 0.261. The highest BCUT2D eigenvalue weighted by atomic mass is 32.2. The Morgan fingerprint density at radius 2 is 1.83 bits per heavy atom. The highest BCUT2D eigenvalue weighted by molar-refractivity contribution is 7.91. The summed E-state index contributed by atoms with van der Waals surface area (Å²) < 4.78 is 39.5. The largest absolute Gasteiger partial charge is 0.497 e. The number of fused-ring (bicyclic) bond motifs is 1. The zero-order chi connectivity index (χ0) is 34.4. The first-order chi connectivity index (χ1) is 22.9. The molecular weight excluding hydrogens is 634 g/mol. The predicted molar refractivity (Wildman–Crippen MR) is 180 cm³/mol. The maximum absolute atomic E-state index is 14.1. The van der Waals surface area contributed by atoms with E-state index >= 15 is 0 Å². The number of hydrogen-bond donors (Lipinski definition) is 3. The van der Waals surface area contributed by atoms with Crippen molar-refractivity contribution < 1.29 is 32.3 Å². The number of aromatic nitrogens is 1. The maximum atomic E-state index is 14.1. The maximum Gasteiger partial charge on any atom is 0.259 e. The van der Waals surface area contributed by atoms with Crippen LogP contribution < -0.4 is 25.2 Å². The third-order valence-corrected chi connectivity index (χ3v) is 11.6. The van der Waals surface area contributed by atoms with Gasteiger partial charge in [-0.05, 0) is 43.2 Å². The number of hydrogen-bond acceptors (Lipinski definition) is 9. The number of nitrogens with zero attached hydrogens (tertiary/aromatic N) is 2. The molecule has 2 aromatic carbocycles. The number of nitrogens with two attached hydrogens (primary N) is 1. The Morgan fingerprint density at radius 1 is 1.10 bits per heavy atom. The molecule has 4 N–H and O–H groups in total. The van der Waals surface area contributed by atoms with E-state index < -0.39 is 56.7 Å². The Morgan fingerprint density at radius 3 is 2.46 bits per heavy atom. The number of carbonyl (C=O) groups excluding carboxylic acids is 3. The molecule has 2 aliphatic carbocycles. The molecule has 2 heterocycles. The molecule has 48 heavy (non-hydrogen) atoms. The molecule has 1 aromatic heterocycles. The van der Waals surface area contributed by atoms with Crippen LogP contribution >= 0.6 is 0 Å². The molecule has 1 aliphatic heterocycles. The van der Waals surface area contributed by atoms with Crippen LogP contribution in [0.5, 0.6) is 11.5 Å². The standard InChI is InChI=1S/C35H43N5O7S/c1-5-22-18-35(22,34(43)39-48(44,45)25-12-13-25)38-32(41)29-16-24(19-40(29)33(42)31(36)20(2)3)47-30-17-27(21-9-7-6-8-10-21)37-28-15-23(46-4)11-14-26(28)30/h6-11,14-15,17,20,22,24-25,29,31H,5,12-13,16,18-19,36H2,1-4H3,(H,38,41)(H,39,43). The number of benzene rings is 2. The van der Waals surface area contributed by atoms with Crippen molar-refractivity contribution in [1.29, 1.82) is 0 Å². The Hall–Kier alpha value is -4.23. The van der Waals surface area contributed by atoms with Gasteiger partial charge in [0.2, 0.25) is 21.8 Å². The smallest absolute Gasteiger partial charge is 0.259 e. The molecule has 6 rings (SSSR count). The molecule has 2 saturated carbocycles. The molecule has 256 valence electrons. The van der Waals surface area contributed by atoms with Gasteiger partial charge in [-0.15, -0.1) is 0 Å². The second-order valence-corrected chi connectivity index (χ2v) is 15.4. The van der Waals surface area contributed by atoms with E-state index in [1.807, 2.05) is 75.4 Å². The zero-order valence-corrected chi connectivity index (χ0v) is 28.5. The second-order valence-electron chi connectivity index (χ2n) is 13.5. The summed E-state index contributed by atoms with van der Waals surface area (Å²) in [7, 11) is -2.23. The van der Waals surface area contributed by atoms with Gasteiger partial charge in [-0.1, -0.05) is 57.5 Å². The first-order valence-corrected chi connectivity index (χ1v) is 18.1. The van der Waals surface area contributed by atoms with E-state index in [2.05, 4.69) is 10.0 Å². The molecule has 3 fully saturated rings. The summed E-state index contributed by atoms with van der Waals surface area (Å²) in [6.07, 6.45) is 1.42. The van der Waals surface area contributed by atoms with E-state index in [0.717, 1.165) is 10.9 Å². The van der Waals surface area contributed by atoms with Crippen LogP contribution in [0.2, 0.25) is 0 Å². The van der Waals surface area contributed by atoms with Crippen molar-refractivity contribution in [3.05, 3.63) is 54.6 Å². The van der Waals surface area contributed by atoms with Gasteiger partial charge in [-0.3, -0.25) is 19.1 Å². The number of ether oxygens (including phenoxy) is 2. The molecule has 13 heteroatoms. The number of rotatable bonds is 12. The third-order valence-electron chi connectivity index (χ3n) is 9.74. The van der Waals surface area contributed by atoms with Crippen LogP contribution in [0.25, 0.3) is 22.2 Å². The number of sulfonamides is 1. The van der Waals surface area contributed by atoms with Crippen molar-refractivity contribution in [2.24, 2.45) is 17.6 Å². The van der Waals surface area contributed by atoms with Gasteiger partial charge in [0.25, 0.3) is 5.91 Å². The first-order valence-electron chi connectivity index (χ1n) is 16.5. The topological polar surface area (TPSA) is 170 Å². The van der Waals surface area contributed by atoms with Crippen LogP contribution in [0.4, 0.5) is 0 Å². The van der Waals surface area contributed by atoms with Gasteiger partial charge < -0.3 is 25.4 Å². The van der Waals surface area contributed by atoms with Crippen LogP contribution in [-0.2, 0) is 24.4 Å². The lowest BCUT2D eigenvalue weighted by atomic mass is 10.0. The fraction of sp³-hybridized carbons (Fsp3) is 0.486. The Kier molecular flexibility index (Phi) is 9.12. The number of carbonyl (C=O) groups is 3. The average Bonchev–Trinajstić information content (AvgIpc) is 4.00. The molecule has 5 atom stereocenters. The highest BCUT2D eigenvalue weighted by Gasteiger charge is 2.62. The van der Waals surface area contributed by atoms with Crippen molar-refractivity contribution in [3.8, 4) is 22.8 Å². The molecule has 12 nitrogen and oxygen atoms in total. The molecule has 3 amide bonds. The van der Waals surface area contributed by atoms with Gasteiger partial charge in [0, 0.05) is 29.5 Å². The van der Waals surface area contributed by atoms with Crippen molar-refractivity contribution in [3.63, 3.8) is 0 Å². The minimum atomic E-state index is -3.82. The number of amides is 3. The highest BCUT2D eigenvalue weighted by Crippen LogP contribution is 2.47. The van der Waals surface area contributed by atoms with Gasteiger partial charge in [-0.2, -0.15) is 0 Å². The Balaban J connectivity index is 1.29. The minimum absolute atomic E-state index is 0.0877. The molecule has 1 saturated heterocycles. The van der Waals surface area contributed by atoms with Crippen molar-refractivity contribution in [2.75, 3.05) is 13.7 Å². The molecule has 3 aromatic rings. The number of methoxy groups -OCH3 is 1.